The van der Waals surface area contributed by atoms with Gasteiger partial charge in [0, 0.05) is 25.2 Å². The quantitative estimate of drug-likeness (QED) is 0.843. The van der Waals surface area contributed by atoms with E-state index in [2.05, 4.69) is 10.2 Å². The summed E-state index contributed by atoms with van der Waals surface area (Å²) in [5, 5.41) is 3.70. The van der Waals surface area contributed by atoms with Crippen LogP contribution in [0.5, 0.6) is 5.75 Å². The van der Waals surface area contributed by atoms with Crippen molar-refractivity contribution in [3.05, 3.63) is 28.8 Å². The van der Waals surface area contributed by atoms with Crippen molar-refractivity contribution in [2.75, 3.05) is 33.8 Å². The highest BCUT2D eigenvalue weighted by Crippen LogP contribution is 2.25. The smallest absolute Gasteiger partial charge is 0.181 e. The molecule has 2 rings (SSSR count). The molecule has 0 saturated carbocycles. The average molecular weight is 269 g/mol. The van der Waals surface area contributed by atoms with E-state index in [0.717, 1.165) is 13.1 Å². The molecule has 98 valence electrons. The number of ether oxygens (including phenoxy) is 1. The minimum Gasteiger partial charge on any atom is -0.495 e. The SMILES string of the molecule is COc1ccc(C(=O)C2CNCCN2C)cc1Cl. The van der Waals surface area contributed by atoms with Crippen molar-refractivity contribution in [3.63, 3.8) is 0 Å². The molecule has 0 radical (unpaired) electrons. The van der Waals surface area contributed by atoms with Gasteiger partial charge in [0.15, 0.2) is 5.78 Å². The molecule has 0 spiro atoms. The fraction of sp³-hybridized carbons (Fsp3) is 0.462. The Morgan fingerprint density at radius 2 is 2.33 bits per heavy atom. The van der Waals surface area contributed by atoms with Gasteiger partial charge in [0.25, 0.3) is 0 Å². The van der Waals surface area contributed by atoms with E-state index in [0.29, 0.717) is 22.9 Å². The summed E-state index contributed by atoms with van der Waals surface area (Å²) in [5.74, 6) is 0.678. The van der Waals surface area contributed by atoms with Crippen LogP contribution in [0.2, 0.25) is 5.02 Å². The number of halogens is 1. The van der Waals surface area contributed by atoms with Crippen LogP contribution in [0, 0.1) is 0 Å². The van der Waals surface area contributed by atoms with Crippen LogP contribution in [0.4, 0.5) is 0 Å². The summed E-state index contributed by atoms with van der Waals surface area (Å²) in [7, 11) is 3.52. The summed E-state index contributed by atoms with van der Waals surface area (Å²) in [6.07, 6.45) is 0. The maximum Gasteiger partial charge on any atom is 0.181 e. The fourth-order valence-corrected chi connectivity index (χ4v) is 2.37. The Bertz CT molecular complexity index is 451. The molecular formula is C13H17ClN2O2. The second-order valence-electron chi connectivity index (χ2n) is 4.41. The Labute approximate surface area is 112 Å². The average Bonchev–Trinajstić information content (AvgIpc) is 2.38. The number of Topliss-reactive ketones (excluding diaryl/α,β-unsaturated/α-hetero) is 1. The van der Waals surface area contributed by atoms with Crippen LogP contribution in [0.3, 0.4) is 0 Å². The molecule has 1 aliphatic rings. The third kappa shape index (κ3) is 2.66. The number of benzene rings is 1. The number of ketones is 1. The number of hydrogen-bond acceptors (Lipinski definition) is 4. The van der Waals surface area contributed by atoms with Crippen molar-refractivity contribution in [3.8, 4) is 5.75 Å². The van der Waals surface area contributed by atoms with Gasteiger partial charge in [-0.2, -0.15) is 0 Å². The van der Waals surface area contributed by atoms with Gasteiger partial charge >= 0.3 is 0 Å². The maximum absolute atomic E-state index is 12.4. The van der Waals surface area contributed by atoms with Crippen LogP contribution in [0.15, 0.2) is 18.2 Å². The number of carbonyl (C=O) groups is 1. The number of rotatable bonds is 3. The van der Waals surface area contributed by atoms with Gasteiger partial charge in [0.05, 0.1) is 18.2 Å². The van der Waals surface area contributed by atoms with Crippen molar-refractivity contribution in [2.45, 2.75) is 6.04 Å². The normalized spacial score (nSPS) is 20.7. The lowest BCUT2D eigenvalue weighted by Gasteiger charge is -2.31. The molecule has 18 heavy (non-hydrogen) atoms. The van der Waals surface area contributed by atoms with E-state index >= 15 is 0 Å². The maximum atomic E-state index is 12.4. The first kappa shape index (κ1) is 13.3. The second-order valence-corrected chi connectivity index (χ2v) is 4.82. The lowest BCUT2D eigenvalue weighted by molar-refractivity contribution is 0.0819. The summed E-state index contributed by atoms with van der Waals surface area (Å²) < 4.78 is 5.08. The zero-order valence-corrected chi connectivity index (χ0v) is 11.3. The first-order valence-corrected chi connectivity index (χ1v) is 6.30. The van der Waals surface area contributed by atoms with Gasteiger partial charge in [-0.05, 0) is 25.2 Å². The van der Waals surface area contributed by atoms with Crippen molar-refractivity contribution >= 4 is 17.4 Å². The highest BCUT2D eigenvalue weighted by molar-refractivity contribution is 6.32. The number of methoxy groups -OCH3 is 1. The molecule has 1 saturated heterocycles. The van der Waals surface area contributed by atoms with E-state index in [1.165, 1.54) is 0 Å². The van der Waals surface area contributed by atoms with Crippen LogP contribution in [0.1, 0.15) is 10.4 Å². The van der Waals surface area contributed by atoms with Crippen LogP contribution in [-0.2, 0) is 0 Å². The van der Waals surface area contributed by atoms with Crippen molar-refractivity contribution in [2.24, 2.45) is 0 Å². The summed E-state index contributed by atoms with van der Waals surface area (Å²) in [6.45, 7) is 2.48. The minimum absolute atomic E-state index is 0.0919. The van der Waals surface area contributed by atoms with Crippen LogP contribution < -0.4 is 10.1 Å². The Hall–Kier alpha value is -1.10. The Kier molecular flexibility index (Phi) is 4.22. The van der Waals surface area contributed by atoms with Crippen molar-refractivity contribution < 1.29 is 9.53 Å². The number of piperazine rings is 1. The lowest BCUT2D eigenvalue weighted by atomic mass is 10.0. The lowest BCUT2D eigenvalue weighted by Crippen LogP contribution is -2.53. The standard InChI is InChI=1S/C13H17ClN2O2/c1-16-6-5-15-8-11(16)13(17)9-3-4-12(18-2)10(14)7-9/h3-4,7,11,15H,5-6,8H2,1-2H3. The second kappa shape index (κ2) is 5.69. The van der Waals surface area contributed by atoms with E-state index in [1.54, 1.807) is 25.3 Å². The third-order valence-corrected chi connectivity index (χ3v) is 3.55. The molecule has 1 N–H and O–H groups in total. The third-order valence-electron chi connectivity index (χ3n) is 3.25. The monoisotopic (exact) mass is 268 g/mol. The Balaban J connectivity index is 2.20. The van der Waals surface area contributed by atoms with Crippen molar-refractivity contribution in [1.29, 1.82) is 0 Å². The molecule has 0 aromatic heterocycles. The molecule has 1 heterocycles. The van der Waals surface area contributed by atoms with Crippen LogP contribution in [-0.4, -0.2) is 50.5 Å². The first-order chi connectivity index (χ1) is 8.63. The van der Waals surface area contributed by atoms with Crippen molar-refractivity contribution in [1.82, 2.24) is 10.2 Å². The summed E-state index contributed by atoms with van der Waals surface area (Å²) in [4.78, 5) is 14.4. The molecule has 1 aliphatic heterocycles. The minimum atomic E-state index is -0.122. The fourth-order valence-electron chi connectivity index (χ4n) is 2.11. The molecule has 0 aliphatic carbocycles. The summed E-state index contributed by atoms with van der Waals surface area (Å²) in [6, 6.07) is 5.04. The molecule has 1 atom stereocenters. The summed E-state index contributed by atoms with van der Waals surface area (Å²) in [5.41, 5.74) is 0.626. The predicted octanol–water partition coefficient (Wildman–Crippen LogP) is 1.43. The highest BCUT2D eigenvalue weighted by Gasteiger charge is 2.26. The summed E-state index contributed by atoms with van der Waals surface area (Å²) >= 11 is 6.04. The van der Waals surface area contributed by atoms with E-state index < -0.39 is 0 Å². The van der Waals surface area contributed by atoms with Gasteiger partial charge in [0.1, 0.15) is 5.75 Å². The van der Waals surface area contributed by atoms with Gasteiger partial charge in [-0.3, -0.25) is 9.69 Å². The van der Waals surface area contributed by atoms with E-state index in [1.807, 2.05) is 7.05 Å². The number of hydrogen-bond donors (Lipinski definition) is 1. The number of carbonyl (C=O) groups excluding carboxylic acids is 1. The number of likely N-dealkylation sites (N-methyl/N-ethyl adjacent to an activating group) is 1. The molecule has 0 bridgehead atoms. The van der Waals surface area contributed by atoms with E-state index in [4.69, 9.17) is 16.3 Å². The first-order valence-electron chi connectivity index (χ1n) is 5.92. The molecule has 4 nitrogen and oxygen atoms in total. The molecule has 1 unspecified atom stereocenters. The number of nitrogens with zero attached hydrogens (tertiary/aromatic N) is 1. The zero-order valence-electron chi connectivity index (χ0n) is 10.6. The van der Waals surface area contributed by atoms with E-state index in [9.17, 15) is 4.79 Å². The molecular weight excluding hydrogens is 252 g/mol. The Morgan fingerprint density at radius 3 is 2.94 bits per heavy atom. The molecule has 1 aromatic rings. The van der Waals surface area contributed by atoms with E-state index in [-0.39, 0.29) is 11.8 Å². The largest absolute Gasteiger partial charge is 0.495 e. The zero-order chi connectivity index (χ0) is 13.1. The molecule has 1 aromatic carbocycles. The van der Waals surface area contributed by atoms with Gasteiger partial charge < -0.3 is 10.1 Å². The number of nitrogens with one attached hydrogen (secondary N) is 1. The molecule has 5 heteroatoms. The van der Waals surface area contributed by atoms with Gasteiger partial charge in [-0.25, -0.2) is 0 Å². The molecule has 0 amide bonds. The van der Waals surface area contributed by atoms with Gasteiger partial charge in [0.2, 0.25) is 0 Å². The van der Waals surface area contributed by atoms with Crippen LogP contribution >= 0.6 is 11.6 Å². The van der Waals surface area contributed by atoms with Gasteiger partial charge in [-0.1, -0.05) is 11.6 Å². The topological polar surface area (TPSA) is 41.6 Å². The van der Waals surface area contributed by atoms with Gasteiger partial charge in [-0.15, -0.1) is 0 Å². The highest BCUT2D eigenvalue weighted by atomic mass is 35.5. The Morgan fingerprint density at radius 1 is 1.56 bits per heavy atom. The van der Waals surface area contributed by atoms with Crippen LogP contribution in [0.25, 0.3) is 0 Å². The molecule has 1 fully saturated rings. The predicted molar refractivity (Wildman–Crippen MR) is 71.6 cm³/mol.